The third-order valence-electron chi connectivity index (χ3n) is 4.89. The van der Waals surface area contributed by atoms with Crippen LogP contribution in [0.15, 0.2) is 42.7 Å². The second-order valence-electron chi connectivity index (χ2n) is 6.71. The number of nitrogens with zero attached hydrogens (tertiary/aromatic N) is 1. The van der Waals surface area contributed by atoms with Crippen molar-refractivity contribution < 1.29 is 4.79 Å². The summed E-state index contributed by atoms with van der Waals surface area (Å²) in [4.78, 5) is 19.9. The molecule has 1 saturated carbocycles. The lowest BCUT2D eigenvalue weighted by molar-refractivity contribution is 0.0954. The van der Waals surface area contributed by atoms with Crippen LogP contribution in [0.2, 0.25) is 5.02 Å². The van der Waals surface area contributed by atoms with E-state index < -0.39 is 0 Å². The summed E-state index contributed by atoms with van der Waals surface area (Å²) in [5.41, 5.74) is 2.82. The number of pyridine rings is 1. The molecule has 2 aromatic heterocycles. The number of fused-ring (bicyclic) bond motifs is 1. The number of halogens is 1. The molecule has 0 unspecified atom stereocenters. The number of aromatic nitrogens is 2. The van der Waals surface area contributed by atoms with E-state index >= 15 is 0 Å². The van der Waals surface area contributed by atoms with Gasteiger partial charge in [-0.15, -0.1) is 0 Å². The molecule has 0 saturated heterocycles. The summed E-state index contributed by atoms with van der Waals surface area (Å²) in [6, 6.07) is 9.84. The van der Waals surface area contributed by atoms with Gasteiger partial charge in [-0.25, -0.2) is 4.98 Å². The van der Waals surface area contributed by atoms with Gasteiger partial charge in [0.05, 0.1) is 0 Å². The first-order valence-corrected chi connectivity index (χ1v) is 9.33. The minimum Gasteiger partial charge on any atom is -0.367 e. The average molecular weight is 369 g/mol. The molecule has 0 atom stereocenters. The molecule has 1 aliphatic carbocycles. The summed E-state index contributed by atoms with van der Waals surface area (Å²) in [7, 11) is 0. The summed E-state index contributed by atoms with van der Waals surface area (Å²) in [6.07, 6.45) is 8.00. The zero-order valence-corrected chi connectivity index (χ0v) is 15.1. The second-order valence-corrected chi connectivity index (χ2v) is 7.15. The van der Waals surface area contributed by atoms with Crippen molar-refractivity contribution in [2.75, 3.05) is 11.9 Å². The largest absolute Gasteiger partial charge is 0.367 e. The number of carbonyl (C=O) groups is 1. The molecule has 1 aliphatic rings. The van der Waals surface area contributed by atoms with Crippen LogP contribution in [0, 0.1) is 0 Å². The Kier molecular flexibility index (Phi) is 4.80. The summed E-state index contributed by atoms with van der Waals surface area (Å²) in [5.74, 6) is 0.690. The minimum absolute atomic E-state index is 0.0815. The molecule has 134 valence electrons. The zero-order chi connectivity index (χ0) is 17.9. The molecule has 1 amide bonds. The van der Waals surface area contributed by atoms with Crippen LogP contribution in [-0.4, -0.2) is 28.5 Å². The van der Waals surface area contributed by atoms with Crippen molar-refractivity contribution in [2.45, 2.75) is 31.7 Å². The van der Waals surface area contributed by atoms with Gasteiger partial charge in [-0.05, 0) is 61.6 Å². The number of H-pyrrole nitrogens is 1. The van der Waals surface area contributed by atoms with Crippen LogP contribution >= 0.6 is 11.6 Å². The average Bonchev–Trinajstić information content (AvgIpc) is 3.00. The predicted octanol–water partition coefficient (Wildman–Crippen LogP) is 4.15. The molecule has 3 aromatic rings. The van der Waals surface area contributed by atoms with E-state index in [2.05, 4.69) is 20.6 Å². The Morgan fingerprint density at radius 1 is 1.27 bits per heavy atom. The van der Waals surface area contributed by atoms with E-state index in [0.29, 0.717) is 23.2 Å². The van der Waals surface area contributed by atoms with Crippen molar-refractivity contribution in [3.05, 3.63) is 58.9 Å². The Labute approximate surface area is 157 Å². The van der Waals surface area contributed by atoms with Crippen LogP contribution in [0.5, 0.6) is 0 Å². The third-order valence-corrected chi connectivity index (χ3v) is 5.12. The summed E-state index contributed by atoms with van der Waals surface area (Å²) in [5, 5.41) is 8.17. The van der Waals surface area contributed by atoms with Crippen molar-refractivity contribution >= 4 is 34.2 Å². The van der Waals surface area contributed by atoms with E-state index in [1.54, 1.807) is 12.3 Å². The molecule has 0 radical (unpaired) electrons. The summed E-state index contributed by atoms with van der Waals surface area (Å²) < 4.78 is 0. The number of benzene rings is 1. The van der Waals surface area contributed by atoms with Crippen LogP contribution < -0.4 is 10.6 Å². The number of aromatic amines is 1. The normalized spacial score (nSPS) is 14.2. The number of anilines is 1. The fourth-order valence-corrected chi connectivity index (χ4v) is 3.35. The van der Waals surface area contributed by atoms with E-state index in [1.165, 1.54) is 19.3 Å². The molecule has 1 aromatic carbocycles. The topological polar surface area (TPSA) is 69.8 Å². The molecule has 6 heteroatoms. The second kappa shape index (κ2) is 7.38. The summed E-state index contributed by atoms with van der Waals surface area (Å²) >= 11 is 6.08. The molecule has 26 heavy (non-hydrogen) atoms. The lowest BCUT2D eigenvalue weighted by Crippen LogP contribution is -2.28. The van der Waals surface area contributed by atoms with Gasteiger partial charge in [-0.1, -0.05) is 11.6 Å². The van der Waals surface area contributed by atoms with Crippen LogP contribution in [0.25, 0.3) is 10.9 Å². The number of nitrogens with one attached hydrogen (secondary N) is 3. The Bertz CT molecular complexity index is 932. The number of carbonyl (C=O) groups excluding carboxylic acids is 1. The number of amides is 1. The molecule has 0 spiro atoms. The predicted molar refractivity (Wildman–Crippen MR) is 105 cm³/mol. The fraction of sp³-hybridized carbons (Fsp3) is 0.300. The SMILES string of the molecule is O=C(NCCc1c[nH]c2ccc(Cl)cc12)c1ccnc(NC2CCC2)c1. The maximum Gasteiger partial charge on any atom is 0.251 e. The van der Waals surface area contributed by atoms with Crippen LogP contribution in [0.4, 0.5) is 5.82 Å². The first-order valence-electron chi connectivity index (χ1n) is 8.95. The number of hydrogen-bond donors (Lipinski definition) is 3. The Morgan fingerprint density at radius 3 is 2.96 bits per heavy atom. The summed E-state index contributed by atoms with van der Waals surface area (Å²) in [6.45, 7) is 0.562. The first kappa shape index (κ1) is 16.9. The molecular formula is C20H21ClN4O. The molecular weight excluding hydrogens is 348 g/mol. The van der Waals surface area contributed by atoms with Crippen molar-refractivity contribution in [2.24, 2.45) is 0 Å². The standard InChI is InChI=1S/C20H21ClN4O/c21-15-4-5-18-17(11-15)14(12-24-18)7-9-23-20(26)13-6-8-22-19(10-13)25-16-2-1-3-16/h4-6,8,10-12,16,24H,1-3,7,9H2,(H,22,25)(H,23,26). The quantitative estimate of drug-likeness (QED) is 0.612. The van der Waals surface area contributed by atoms with Crippen LogP contribution in [0.1, 0.15) is 35.2 Å². The first-order chi connectivity index (χ1) is 12.7. The van der Waals surface area contributed by atoms with E-state index in [1.807, 2.05) is 30.5 Å². The molecule has 2 heterocycles. The van der Waals surface area contributed by atoms with Crippen molar-refractivity contribution in [3.8, 4) is 0 Å². The molecule has 1 fully saturated rings. The Balaban J connectivity index is 1.36. The van der Waals surface area contributed by atoms with Crippen molar-refractivity contribution in [3.63, 3.8) is 0 Å². The van der Waals surface area contributed by atoms with Gasteiger partial charge in [0.25, 0.3) is 5.91 Å². The smallest absolute Gasteiger partial charge is 0.251 e. The van der Waals surface area contributed by atoms with Gasteiger partial charge >= 0.3 is 0 Å². The highest BCUT2D eigenvalue weighted by atomic mass is 35.5. The van der Waals surface area contributed by atoms with E-state index in [9.17, 15) is 4.79 Å². The van der Waals surface area contributed by atoms with Gasteiger partial charge in [0.2, 0.25) is 0 Å². The molecule has 5 nitrogen and oxygen atoms in total. The van der Waals surface area contributed by atoms with E-state index in [-0.39, 0.29) is 5.91 Å². The zero-order valence-electron chi connectivity index (χ0n) is 14.4. The molecule has 3 N–H and O–H groups in total. The van der Waals surface area contributed by atoms with Gasteiger partial charge in [0, 0.05) is 46.5 Å². The Morgan fingerprint density at radius 2 is 2.15 bits per heavy atom. The van der Waals surface area contributed by atoms with Crippen LogP contribution in [0.3, 0.4) is 0 Å². The van der Waals surface area contributed by atoms with E-state index in [4.69, 9.17) is 11.6 Å². The van der Waals surface area contributed by atoms with Crippen molar-refractivity contribution in [1.82, 2.24) is 15.3 Å². The maximum absolute atomic E-state index is 12.4. The van der Waals surface area contributed by atoms with Gasteiger partial charge in [0.15, 0.2) is 0 Å². The van der Waals surface area contributed by atoms with Crippen LogP contribution in [-0.2, 0) is 6.42 Å². The fourth-order valence-electron chi connectivity index (χ4n) is 3.18. The van der Waals surface area contributed by atoms with Gasteiger partial charge in [-0.3, -0.25) is 4.79 Å². The molecule has 0 bridgehead atoms. The molecule has 0 aliphatic heterocycles. The van der Waals surface area contributed by atoms with Crippen molar-refractivity contribution in [1.29, 1.82) is 0 Å². The van der Waals surface area contributed by atoms with Gasteiger partial charge in [-0.2, -0.15) is 0 Å². The minimum atomic E-state index is -0.0815. The molecule has 4 rings (SSSR count). The highest BCUT2D eigenvalue weighted by Gasteiger charge is 2.17. The third kappa shape index (κ3) is 3.68. The lowest BCUT2D eigenvalue weighted by atomic mass is 9.93. The number of rotatable bonds is 6. The maximum atomic E-state index is 12.4. The van der Waals surface area contributed by atoms with Gasteiger partial charge in [0.1, 0.15) is 5.82 Å². The monoisotopic (exact) mass is 368 g/mol. The number of hydrogen-bond acceptors (Lipinski definition) is 3. The van der Waals surface area contributed by atoms with Gasteiger partial charge < -0.3 is 15.6 Å². The van der Waals surface area contributed by atoms with E-state index in [0.717, 1.165) is 28.7 Å². The lowest BCUT2D eigenvalue weighted by Gasteiger charge is -2.26. The Hall–Kier alpha value is -2.53. The highest BCUT2D eigenvalue weighted by molar-refractivity contribution is 6.31. The highest BCUT2D eigenvalue weighted by Crippen LogP contribution is 2.23.